The van der Waals surface area contributed by atoms with Gasteiger partial charge in [0.2, 0.25) is 0 Å². The number of fused-ring (bicyclic) bond motifs is 11. The lowest BCUT2D eigenvalue weighted by Crippen LogP contribution is -1.95. The topological polar surface area (TPSA) is 43.9 Å². The van der Waals surface area contributed by atoms with Crippen molar-refractivity contribution in [1.82, 2.24) is 14.5 Å². The van der Waals surface area contributed by atoms with Gasteiger partial charge in [0, 0.05) is 38.1 Å². The maximum atomic E-state index is 9.69. The molecule has 0 amide bonds. The average molecular weight is 655 g/mol. The Balaban J connectivity index is 1.36. The van der Waals surface area contributed by atoms with Crippen molar-refractivity contribution in [2.24, 2.45) is 0 Å². The normalized spacial score (nSPS) is 16.8. The monoisotopic (exact) mass is 654 g/mol. The second-order valence-corrected chi connectivity index (χ2v) is 11.6. The molecule has 232 valence electrons. The standard InChI is InChI=1S/C46H27N3O/c1-2-13-30(14-3-1)44-35-17-8-9-19-37(35)47-46(48-44)31-23-26-41-36(27-31)34-18-10-20-40(45(34)50-41)49-38-24-21-28-11-4-6-15-32(28)42(38)43-33-16-7-5-12-29(33)22-25-39(43)49/h1-27H/i4D,5D,6D,7D,10D,11D,12D,15D,16D,18D,20D,21D,22D,23D,24D,26D,27D. The minimum absolute atomic E-state index is 0.0904. The smallest absolute Gasteiger partial charge is 0.160 e. The fourth-order valence-electron chi connectivity index (χ4n) is 6.72. The van der Waals surface area contributed by atoms with E-state index in [-0.39, 0.29) is 71.1 Å². The predicted molar refractivity (Wildman–Crippen MR) is 207 cm³/mol. The van der Waals surface area contributed by atoms with Crippen molar-refractivity contribution in [3.8, 4) is 28.3 Å². The molecule has 0 saturated heterocycles. The maximum Gasteiger partial charge on any atom is 0.160 e. The quantitative estimate of drug-likeness (QED) is 0.190. The molecule has 3 heterocycles. The Hall–Kier alpha value is -6.78. The Kier molecular flexibility index (Phi) is 3.24. The summed E-state index contributed by atoms with van der Waals surface area (Å²) < 4.78 is 162. The van der Waals surface area contributed by atoms with Gasteiger partial charge in [0.05, 0.1) is 51.2 Å². The molecule has 0 bridgehead atoms. The molecule has 0 aliphatic carbocycles. The molecule has 0 fully saturated rings. The van der Waals surface area contributed by atoms with E-state index in [9.17, 15) is 12.3 Å². The van der Waals surface area contributed by atoms with E-state index in [0.717, 1.165) is 4.57 Å². The van der Waals surface area contributed by atoms with Crippen LogP contribution in [0.15, 0.2) is 168 Å². The summed E-state index contributed by atoms with van der Waals surface area (Å²) in [5, 5.41) is -1.35. The molecule has 50 heavy (non-hydrogen) atoms. The lowest BCUT2D eigenvalue weighted by molar-refractivity contribution is 0.666. The number of furan rings is 1. The Bertz CT molecular complexity index is 4130. The lowest BCUT2D eigenvalue weighted by atomic mass is 10.00. The van der Waals surface area contributed by atoms with Crippen LogP contribution < -0.4 is 0 Å². The summed E-state index contributed by atoms with van der Waals surface area (Å²) in [6, 6.07) is 6.81. The first-order valence-electron chi connectivity index (χ1n) is 24.0. The molecule has 0 aliphatic heterocycles. The lowest BCUT2D eigenvalue weighted by Gasteiger charge is -2.09. The van der Waals surface area contributed by atoms with Crippen LogP contribution in [0.4, 0.5) is 0 Å². The molecule has 0 radical (unpaired) electrons. The van der Waals surface area contributed by atoms with E-state index in [1.807, 2.05) is 42.5 Å². The highest BCUT2D eigenvalue weighted by Crippen LogP contribution is 2.43. The molecule has 0 unspecified atom stereocenters. The van der Waals surface area contributed by atoms with E-state index < -0.39 is 114 Å². The van der Waals surface area contributed by atoms with E-state index in [1.54, 1.807) is 12.1 Å². The van der Waals surface area contributed by atoms with Crippen molar-refractivity contribution in [2.75, 3.05) is 0 Å². The van der Waals surface area contributed by atoms with Crippen molar-refractivity contribution in [1.29, 1.82) is 0 Å². The number of rotatable bonds is 3. The van der Waals surface area contributed by atoms with E-state index in [2.05, 4.69) is 0 Å². The Morgan fingerprint density at radius 1 is 0.520 bits per heavy atom. The highest BCUT2D eigenvalue weighted by atomic mass is 16.3. The van der Waals surface area contributed by atoms with Gasteiger partial charge < -0.3 is 8.98 Å². The van der Waals surface area contributed by atoms with Gasteiger partial charge in [0.1, 0.15) is 5.58 Å². The van der Waals surface area contributed by atoms with Crippen molar-refractivity contribution in [2.45, 2.75) is 0 Å². The van der Waals surface area contributed by atoms with Crippen molar-refractivity contribution < 1.29 is 27.7 Å². The molecule has 0 atom stereocenters. The van der Waals surface area contributed by atoms with E-state index in [0.29, 0.717) is 22.2 Å². The number of aromatic nitrogens is 3. The first kappa shape index (κ1) is 15.6. The van der Waals surface area contributed by atoms with Crippen LogP contribution in [0.2, 0.25) is 0 Å². The van der Waals surface area contributed by atoms with Gasteiger partial charge in [-0.2, -0.15) is 0 Å². The molecule has 11 rings (SSSR count). The molecule has 11 aromatic rings. The van der Waals surface area contributed by atoms with Gasteiger partial charge in [0.15, 0.2) is 11.4 Å². The van der Waals surface area contributed by atoms with Gasteiger partial charge in [0.25, 0.3) is 0 Å². The highest BCUT2D eigenvalue weighted by molar-refractivity contribution is 6.29. The molecular formula is C46H27N3O. The van der Waals surface area contributed by atoms with E-state index in [4.69, 9.17) is 25.4 Å². The molecule has 8 aromatic carbocycles. The van der Waals surface area contributed by atoms with Gasteiger partial charge in [-0.15, -0.1) is 0 Å². The molecule has 4 nitrogen and oxygen atoms in total. The summed E-state index contributed by atoms with van der Waals surface area (Å²) >= 11 is 0. The third kappa shape index (κ3) is 3.87. The summed E-state index contributed by atoms with van der Waals surface area (Å²) in [6.07, 6.45) is 0. The fourth-order valence-corrected chi connectivity index (χ4v) is 6.72. The molecule has 0 aliphatic rings. The van der Waals surface area contributed by atoms with Crippen LogP contribution in [0, 0.1) is 0 Å². The number of benzene rings is 8. The van der Waals surface area contributed by atoms with Crippen LogP contribution in [0.3, 0.4) is 0 Å². The van der Waals surface area contributed by atoms with Gasteiger partial charge in [-0.1, -0.05) is 121 Å². The van der Waals surface area contributed by atoms with Crippen molar-refractivity contribution >= 4 is 76.2 Å². The number of para-hydroxylation sites is 2. The van der Waals surface area contributed by atoms with Crippen LogP contribution in [-0.4, -0.2) is 14.5 Å². The third-order valence-corrected chi connectivity index (χ3v) is 8.88. The number of hydrogen-bond acceptors (Lipinski definition) is 3. The number of nitrogens with zero attached hydrogens (tertiary/aromatic N) is 3. The third-order valence-electron chi connectivity index (χ3n) is 8.88. The summed E-state index contributed by atoms with van der Waals surface area (Å²) in [7, 11) is 0. The van der Waals surface area contributed by atoms with Gasteiger partial charge in [-0.3, -0.25) is 0 Å². The second-order valence-electron chi connectivity index (χ2n) is 11.6. The Morgan fingerprint density at radius 3 is 2.12 bits per heavy atom. The molecule has 0 saturated carbocycles. The van der Waals surface area contributed by atoms with Crippen LogP contribution in [0.25, 0.3) is 105 Å². The highest BCUT2D eigenvalue weighted by Gasteiger charge is 2.21. The zero-order chi connectivity index (χ0) is 47.6. The number of hydrogen-bond donors (Lipinski definition) is 0. The summed E-state index contributed by atoms with van der Waals surface area (Å²) in [5.41, 5.74) is -0.226. The van der Waals surface area contributed by atoms with E-state index >= 15 is 0 Å². The Morgan fingerprint density at radius 2 is 1.26 bits per heavy atom. The molecule has 3 aromatic heterocycles. The van der Waals surface area contributed by atoms with Crippen LogP contribution in [-0.2, 0) is 0 Å². The molecule has 0 spiro atoms. The van der Waals surface area contributed by atoms with Crippen LogP contribution in [0.5, 0.6) is 0 Å². The molecule has 0 N–H and O–H groups in total. The average Bonchev–Trinajstić information content (AvgIpc) is 3.88. The summed E-state index contributed by atoms with van der Waals surface area (Å²) in [6.45, 7) is 0. The van der Waals surface area contributed by atoms with Crippen LogP contribution >= 0.6 is 0 Å². The maximum absolute atomic E-state index is 9.69. The minimum atomic E-state index is -0.731. The van der Waals surface area contributed by atoms with Gasteiger partial charge >= 0.3 is 0 Å². The van der Waals surface area contributed by atoms with E-state index in [1.165, 1.54) is 6.07 Å². The van der Waals surface area contributed by atoms with Crippen molar-refractivity contribution in [3.05, 3.63) is 163 Å². The van der Waals surface area contributed by atoms with Gasteiger partial charge in [-0.25, -0.2) is 9.97 Å². The van der Waals surface area contributed by atoms with Crippen molar-refractivity contribution in [3.63, 3.8) is 0 Å². The summed E-state index contributed by atoms with van der Waals surface area (Å²) in [4.78, 5) is 9.56. The van der Waals surface area contributed by atoms with Crippen LogP contribution in [0.1, 0.15) is 23.3 Å². The summed E-state index contributed by atoms with van der Waals surface area (Å²) in [5.74, 6) is -0.0904. The molecular weight excluding hydrogens is 611 g/mol. The zero-order valence-corrected chi connectivity index (χ0v) is 25.5. The largest absolute Gasteiger partial charge is 0.454 e. The van der Waals surface area contributed by atoms with Gasteiger partial charge in [-0.05, 0) is 63.9 Å². The zero-order valence-electron chi connectivity index (χ0n) is 42.5. The minimum Gasteiger partial charge on any atom is -0.454 e. The fraction of sp³-hybridized carbons (Fsp3) is 0. The first-order chi connectivity index (χ1) is 31.9. The second kappa shape index (κ2) is 10.4. The Labute approximate surface area is 310 Å². The SMILES string of the molecule is [2H]c1c(-c2nc(-c3ccccc3)c3ccccc3n2)c([2H])c2c(oc3c(-n4c5cc([2H])c6c([2H])c([2H])c([2H])c([2H])c6c5c5c6c([2H])c([2H])c([2H])c([2H])c6c([2H])c([2H])c54)c([2H])c([2H])c([2H])c32)c1[2H]. The first-order valence-corrected chi connectivity index (χ1v) is 15.5. The molecule has 4 heteroatoms. The predicted octanol–water partition coefficient (Wildman–Crippen LogP) is 12.3.